The Morgan fingerprint density at radius 2 is 1.69 bits per heavy atom. The Labute approximate surface area is 87.3 Å². The van der Waals surface area contributed by atoms with E-state index in [4.69, 9.17) is 28.9 Å². The molecule has 0 aromatic heterocycles. The van der Waals surface area contributed by atoms with Crippen LogP contribution in [0.25, 0.3) is 0 Å². The van der Waals surface area contributed by atoms with Crippen molar-refractivity contribution in [2.75, 3.05) is 0 Å². The molecule has 72 valence electrons. The van der Waals surface area contributed by atoms with E-state index in [9.17, 15) is 5.11 Å². The molecule has 0 amide bonds. The van der Waals surface area contributed by atoms with Gasteiger partial charge in [0.1, 0.15) is 5.75 Å². The van der Waals surface area contributed by atoms with Crippen LogP contribution in [0.4, 0.5) is 0 Å². The van der Waals surface area contributed by atoms with Gasteiger partial charge in [0.05, 0.1) is 5.02 Å². The average Bonchev–Trinajstić information content (AvgIpc) is 2.13. The molecule has 0 unspecified atom stereocenters. The van der Waals surface area contributed by atoms with E-state index < -0.39 is 0 Å². The van der Waals surface area contributed by atoms with Crippen molar-refractivity contribution in [1.82, 2.24) is 0 Å². The number of rotatable bonds is 1. The van der Waals surface area contributed by atoms with Gasteiger partial charge in [0.2, 0.25) is 0 Å². The van der Waals surface area contributed by atoms with Gasteiger partial charge in [0.15, 0.2) is 0 Å². The van der Waals surface area contributed by atoms with Gasteiger partial charge in [-0.1, -0.05) is 23.2 Å². The molecule has 1 aromatic carbocycles. The van der Waals surface area contributed by atoms with Crippen LogP contribution in [-0.4, -0.2) is 5.11 Å². The third kappa shape index (κ3) is 1.62. The first-order chi connectivity index (χ1) is 6.00. The minimum Gasteiger partial charge on any atom is -0.506 e. The molecule has 1 rings (SSSR count). The minimum absolute atomic E-state index is 0.0450. The molecule has 0 fully saturated rings. The van der Waals surface area contributed by atoms with Crippen LogP contribution in [-0.2, 0) is 6.54 Å². The van der Waals surface area contributed by atoms with Crippen LogP contribution < -0.4 is 5.73 Å². The summed E-state index contributed by atoms with van der Waals surface area (Å²) in [6.45, 7) is 3.81. The maximum atomic E-state index is 9.61. The summed E-state index contributed by atoms with van der Waals surface area (Å²) in [4.78, 5) is 0. The van der Waals surface area contributed by atoms with Gasteiger partial charge in [-0.3, -0.25) is 0 Å². The van der Waals surface area contributed by atoms with E-state index in [2.05, 4.69) is 0 Å². The third-order valence-corrected chi connectivity index (χ3v) is 3.17. The molecule has 2 nitrogen and oxygen atoms in total. The van der Waals surface area contributed by atoms with Gasteiger partial charge in [-0.05, 0) is 25.0 Å². The fraction of sp³-hybridized carbons (Fsp3) is 0.333. The summed E-state index contributed by atoms with van der Waals surface area (Å²) in [7, 11) is 0. The Balaban J connectivity index is 3.56. The molecule has 0 saturated carbocycles. The Morgan fingerprint density at radius 1 is 1.15 bits per heavy atom. The highest BCUT2D eigenvalue weighted by Crippen LogP contribution is 2.38. The standard InChI is InChI=1S/C9H11Cl2NO/c1-4-6(3-12)9(13)8(11)5(2)7(4)10/h13H,3,12H2,1-2H3. The lowest BCUT2D eigenvalue weighted by molar-refractivity contribution is 0.467. The van der Waals surface area contributed by atoms with E-state index in [1.165, 1.54) is 0 Å². The maximum Gasteiger partial charge on any atom is 0.139 e. The molecule has 0 spiro atoms. The van der Waals surface area contributed by atoms with E-state index in [0.29, 0.717) is 16.1 Å². The lowest BCUT2D eigenvalue weighted by atomic mass is 10.0. The Morgan fingerprint density at radius 3 is 2.15 bits per heavy atom. The zero-order chi connectivity index (χ0) is 10.2. The van der Waals surface area contributed by atoms with Gasteiger partial charge in [-0.15, -0.1) is 0 Å². The summed E-state index contributed by atoms with van der Waals surface area (Å²) in [5.41, 5.74) is 7.56. The Bertz CT molecular complexity index is 321. The normalized spacial score (nSPS) is 10.5. The first-order valence-electron chi connectivity index (χ1n) is 3.86. The van der Waals surface area contributed by atoms with Crippen LogP contribution in [0.1, 0.15) is 16.7 Å². The molecule has 0 bridgehead atoms. The van der Waals surface area contributed by atoms with Crippen molar-refractivity contribution in [2.45, 2.75) is 20.4 Å². The van der Waals surface area contributed by atoms with Crippen molar-refractivity contribution in [1.29, 1.82) is 0 Å². The smallest absolute Gasteiger partial charge is 0.139 e. The number of hydrogen-bond donors (Lipinski definition) is 2. The highest BCUT2D eigenvalue weighted by molar-refractivity contribution is 6.37. The summed E-state index contributed by atoms with van der Waals surface area (Å²) in [6.07, 6.45) is 0. The second-order valence-electron chi connectivity index (χ2n) is 2.91. The predicted octanol–water partition coefficient (Wildman–Crippen LogP) is 2.77. The summed E-state index contributed by atoms with van der Waals surface area (Å²) < 4.78 is 0. The van der Waals surface area contributed by atoms with Gasteiger partial charge < -0.3 is 10.8 Å². The number of benzene rings is 1. The highest BCUT2D eigenvalue weighted by Gasteiger charge is 2.15. The van der Waals surface area contributed by atoms with Gasteiger partial charge in [-0.2, -0.15) is 0 Å². The van der Waals surface area contributed by atoms with Crippen LogP contribution in [0.3, 0.4) is 0 Å². The van der Waals surface area contributed by atoms with Crippen LogP contribution >= 0.6 is 23.2 Å². The van der Waals surface area contributed by atoms with Crippen molar-refractivity contribution < 1.29 is 5.11 Å². The number of phenols is 1. The van der Waals surface area contributed by atoms with Crippen molar-refractivity contribution >= 4 is 23.2 Å². The molecule has 0 atom stereocenters. The van der Waals surface area contributed by atoms with E-state index in [0.717, 1.165) is 5.56 Å². The number of hydrogen-bond acceptors (Lipinski definition) is 2. The van der Waals surface area contributed by atoms with Crippen molar-refractivity contribution in [3.05, 3.63) is 26.7 Å². The van der Waals surface area contributed by atoms with E-state index in [1.54, 1.807) is 6.92 Å². The average molecular weight is 220 g/mol. The summed E-state index contributed by atoms with van der Waals surface area (Å²) in [5, 5.41) is 10.5. The fourth-order valence-electron chi connectivity index (χ4n) is 1.25. The molecule has 0 radical (unpaired) electrons. The lowest BCUT2D eigenvalue weighted by Crippen LogP contribution is -2.01. The number of nitrogens with two attached hydrogens (primary N) is 1. The lowest BCUT2D eigenvalue weighted by Gasteiger charge is -2.12. The van der Waals surface area contributed by atoms with E-state index in [1.807, 2.05) is 6.92 Å². The molecule has 4 heteroatoms. The number of phenolic OH excluding ortho intramolecular Hbond substituents is 1. The topological polar surface area (TPSA) is 46.2 Å². The van der Waals surface area contributed by atoms with E-state index >= 15 is 0 Å². The molecule has 3 N–H and O–H groups in total. The van der Waals surface area contributed by atoms with Crippen molar-refractivity contribution in [2.24, 2.45) is 5.73 Å². The zero-order valence-electron chi connectivity index (χ0n) is 7.49. The first kappa shape index (κ1) is 10.6. The van der Waals surface area contributed by atoms with Crippen molar-refractivity contribution in [3.8, 4) is 5.75 Å². The minimum atomic E-state index is 0.0450. The molecule has 0 aliphatic heterocycles. The quantitative estimate of drug-likeness (QED) is 0.764. The molecule has 13 heavy (non-hydrogen) atoms. The monoisotopic (exact) mass is 219 g/mol. The van der Waals surface area contributed by atoms with Crippen LogP contribution in [0.5, 0.6) is 5.75 Å². The molecular formula is C9H11Cl2NO. The molecule has 0 heterocycles. The van der Waals surface area contributed by atoms with E-state index in [-0.39, 0.29) is 17.3 Å². The molecular weight excluding hydrogens is 209 g/mol. The van der Waals surface area contributed by atoms with Crippen LogP contribution in [0, 0.1) is 13.8 Å². The number of halogens is 2. The van der Waals surface area contributed by atoms with Gasteiger partial charge in [-0.25, -0.2) is 0 Å². The summed E-state index contributed by atoms with van der Waals surface area (Å²) >= 11 is 11.8. The molecule has 0 saturated heterocycles. The number of aromatic hydroxyl groups is 1. The third-order valence-electron chi connectivity index (χ3n) is 2.14. The largest absolute Gasteiger partial charge is 0.506 e. The Kier molecular flexibility index (Phi) is 3.06. The zero-order valence-corrected chi connectivity index (χ0v) is 9.00. The second-order valence-corrected chi connectivity index (χ2v) is 3.67. The summed E-state index contributed by atoms with van der Waals surface area (Å²) in [6, 6.07) is 0. The van der Waals surface area contributed by atoms with Gasteiger partial charge in [0, 0.05) is 17.1 Å². The van der Waals surface area contributed by atoms with Gasteiger partial charge >= 0.3 is 0 Å². The van der Waals surface area contributed by atoms with Crippen LogP contribution in [0.15, 0.2) is 0 Å². The second kappa shape index (κ2) is 3.74. The van der Waals surface area contributed by atoms with Crippen LogP contribution in [0.2, 0.25) is 10.0 Å². The fourth-order valence-corrected chi connectivity index (χ4v) is 1.71. The predicted molar refractivity (Wildman–Crippen MR) is 55.5 cm³/mol. The summed E-state index contributed by atoms with van der Waals surface area (Å²) in [5.74, 6) is 0.0450. The SMILES string of the molecule is Cc1c(Cl)c(C)c(CN)c(O)c1Cl. The highest BCUT2D eigenvalue weighted by atomic mass is 35.5. The Hall–Kier alpha value is -0.440. The van der Waals surface area contributed by atoms with Crippen molar-refractivity contribution in [3.63, 3.8) is 0 Å². The van der Waals surface area contributed by atoms with Gasteiger partial charge in [0.25, 0.3) is 0 Å². The molecule has 1 aromatic rings. The molecule has 0 aliphatic rings. The molecule has 0 aliphatic carbocycles. The first-order valence-corrected chi connectivity index (χ1v) is 4.62. The maximum absolute atomic E-state index is 9.61.